The first kappa shape index (κ1) is 23.3. The van der Waals surface area contributed by atoms with Crippen LogP contribution in [0.3, 0.4) is 0 Å². The standard InChI is InChI=1S/C21H33NO4S/c1-15(2)22-21(24)19-12-17(5)11-18(13-19)14-20(23)9-7-6-8-10-27(25,26)16(3)4/h11-13,15-16H,6-10,14H2,1-5H3,(H,22,24). The Morgan fingerprint density at radius 1 is 1.00 bits per heavy atom. The molecule has 0 atom stereocenters. The molecule has 1 N–H and O–H groups in total. The molecule has 27 heavy (non-hydrogen) atoms. The van der Waals surface area contributed by atoms with Gasteiger partial charge in [0.15, 0.2) is 9.84 Å². The molecule has 1 rings (SSSR count). The summed E-state index contributed by atoms with van der Waals surface area (Å²) in [5.74, 6) is 0.168. The third kappa shape index (κ3) is 8.69. The average Bonchev–Trinajstić information content (AvgIpc) is 2.53. The predicted octanol–water partition coefficient (Wildman–Crippen LogP) is 3.63. The summed E-state index contributed by atoms with van der Waals surface area (Å²) in [4.78, 5) is 24.4. The molecule has 0 fully saturated rings. The lowest BCUT2D eigenvalue weighted by Gasteiger charge is -2.11. The van der Waals surface area contributed by atoms with Crippen molar-refractivity contribution in [3.8, 4) is 0 Å². The van der Waals surface area contributed by atoms with Crippen LogP contribution < -0.4 is 5.32 Å². The molecule has 0 radical (unpaired) electrons. The number of benzene rings is 1. The molecule has 0 unspecified atom stereocenters. The molecule has 6 heteroatoms. The number of ketones is 1. The summed E-state index contributed by atoms with van der Waals surface area (Å²) in [5, 5.41) is 2.52. The molecule has 0 aliphatic heterocycles. The third-order valence-corrected chi connectivity index (χ3v) is 6.62. The van der Waals surface area contributed by atoms with E-state index in [4.69, 9.17) is 0 Å². The Hall–Kier alpha value is -1.69. The van der Waals surface area contributed by atoms with Crippen molar-refractivity contribution in [2.24, 2.45) is 0 Å². The highest BCUT2D eigenvalue weighted by Gasteiger charge is 2.15. The van der Waals surface area contributed by atoms with E-state index in [0.29, 0.717) is 31.2 Å². The van der Waals surface area contributed by atoms with Crippen LogP contribution in [-0.4, -0.2) is 37.2 Å². The van der Waals surface area contributed by atoms with Crippen molar-refractivity contribution in [2.75, 3.05) is 5.75 Å². The molecule has 0 spiro atoms. The highest BCUT2D eigenvalue weighted by atomic mass is 32.2. The minimum Gasteiger partial charge on any atom is -0.350 e. The fraction of sp³-hybridized carbons (Fsp3) is 0.619. The van der Waals surface area contributed by atoms with Gasteiger partial charge >= 0.3 is 0 Å². The molecule has 0 aromatic heterocycles. The van der Waals surface area contributed by atoms with Crippen molar-refractivity contribution in [3.05, 3.63) is 34.9 Å². The van der Waals surface area contributed by atoms with Crippen molar-refractivity contribution >= 4 is 21.5 Å². The summed E-state index contributed by atoms with van der Waals surface area (Å²) in [5.41, 5.74) is 2.37. The van der Waals surface area contributed by atoms with Crippen molar-refractivity contribution in [1.82, 2.24) is 5.32 Å². The van der Waals surface area contributed by atoms with Crippen LogP contribution in [0.15, 0.2) is 18.2 Å². The maximum atomic E-state index is 12.2. The number of Topliss-reactive ketones (excluding diaryl/α,β-unsaturated/α-hetero) is 1. The van der Waals surface area contributed by atoms with Gasteiger partial charge in [0.05, 0.1) is 11.0 Å². The molecular formula is C21H33NO4S. The second-order valence-corrected chi connectivity index (χ2v) is 10.5. The number of nitrogens with one attached hydrogen (secondary N) is 1. The van der Waals surface area contributed by atoms with E-state index in [1.165, 1.54) is 0 Å². The molecule has 1 aromatic rings. The number of rotatable bonds is 11. The molecule has 0 heterocycles. The Morgan fingerprint density at radius 3 is 2.26 bits per heavy atom. The van der Waals surface area contributed by atoms with Gasteiger partial charge in [-0.2, -0.15) is 0 Å². The van der Waals surface area contributed by atoms with E-state index in [9.17, 15) is 18.0 Å². The van der Waals surface area contributed by atoms with E-state index in [2.05, 4.69) is 5.32 Å². The van der Waals surface area contributed by atoms with E-state index in [0.717, 1.165) is 17.5 Å². The summed E-state index contributed by atoms with van der Waals surface area (Å²) < 4.78 is 23.5. The van der Waals surface area contributed by atoms with Crippen LogP contribution >= 0.6 is 0 Å². The first-order valence-corrected chi connectivity index (χ1v) is 11.4. The number of amides is 1. The van der Waals surface area contributed by atoms with Gasteiger partial charge in [-0.3, -0.25) is 9.59 Å². The van der Waals surface area contributed by atoms with Crippen molar-refractivity contribution in [2.45, 2.75) is 78.0 Å². The summed E-state index contributed by atoms with van der Waals surface area (Å²) in [6.07, 6.45) is 2.75. The largest absolute Gasteiger partial charge is 0.350 e. The van der Waals surface area contributed by atoms with Crippen LogP contribution in [0.1, 0.15) is 74.9 Å². The highest BCUT2D eigenvalue weighted by molar-refractivity contribution is 7.91. The Morgan fingerprint density at radius 2 is 1.67 bits per heavy atom. The van der Waals surface area contributed by atoms with Crippen molar-refractivity contribution < 1.29 is 18.0 Å². The van der Waals surface area contributed by atoms with E-state index < -0.39 is 9.84 Å². The summed E-state index contributed by atoms with van der Waals surface area (Å²) in [7, 11) is -3.00. The molecule has 152 valence electrons. The predicted molar refractivity (Wildman–Crippen MR) is 110 cm³/mol. The van der Waals surface area contributed by atoms with Gasteiger partial charge < -0.3 is 5.32 Å². The van der Waals surface area contributed by atoms with Crippen LogP contribution in [0.4, 0.5) is 0 Å². The summed E-state index contributed by atoms with van der Waals surface area (Å²) >= 11 is 0. The molecular weight excluding hydrogens is 362 g/mol. The monoisotopic (exact) mass is 395 g/mol. The van der Waals surface area contributed by atoms with Gasteiger partial charge in [-0.25, -0.2) is 8.42 Å². The fourth-order valence-corrected chi connectivity index (χ4v) is 3.87. The van der Waals surface area contributed by atoms with Gasteiger partial charge in [0.1, 0.15) is 5.78 Å². The van der Waals surface area contributed by atoms with Gasteiger partial charge in [0, 0.05) is 24.4 Å². The lowest BCUT2D eigenvalue weighted by molar-refractivity contribution is -0.118. The Balaban J connectivity index is 2.50. The van der Waals surface area contributed by atoms with Gasteiger partial charge in [-0.15, -0.1) is 0 Å². The molecule has 0 bridgehead atoms. The quantitative estimate of drug-likeness (QED) is 0.580. The summed E-state index contributed by atoms with van der Waals surface area (Å²) in [6.45, 7) is 9.11. The highest BCUT2D eigenvalue weighted by Crippen LogP contribution is 2.13. The van der Waals surface area contributed by atoms with Gasteiger partial charge in [0.2, 0.25) is 0 Å². The van der Waals surface area contributed by atoms with Gasteiger partial charge in [-0.05, 0) is 65.2 Å². The lowest BCUT2D eigenvalue weighted by Crippen LogP contribution is -2.30. The van der Waals surface area contributed by atoms with Crippen LogP contribution in [0, 0.1) is 6.92 Å². The Bertz CT molecular complexity index is 751. The molecule has 0 aliphatic carbocycles. The first-order valence-electron chi connectivity index (χ1n) is 9.66. The van der Waals surface area contributed by atoms with Crippen molar-refractivity contribution in [1.29, 1.82) is 0 Å². The minimum atomic E-state index is -3.00. The van der Waals surface area contributed by atoms with E-state index in [1.54, 1.807) is 19.9 Å². The number of sulfone groups is 1. The number of unbranched alkanes of at least 4 members (excludes halogenated alkanes) is 2. The van der Waals surface area contributed by atoms with Gasteiger partial charge in [0.25, 0.3) is 5.91 Å². The Labute approximate surface area is 163 Å². The maximum Gasteiger partial charge on any atom is 0.251 e. The summed E-state index contributed by atoms with van der Waals surface area (Å²) in [6, 6.07) is 5.58. The van der Waals surface area contributed by atoms with Gasteiger partial charge in [-0.1, -0.05) is 18.1 Å². The number of aryl methyl sites for hydroxylation is 1. The second-order valence-electron chi connectivity index (χ2n) is 7.78. The van der Waals surface area contributed by atoms with Crippen LogP contribution in [0.25, 0.3) is 0 Å². The number of carbonyl (C=O) groups excluding carboxylic acids is 2. The molecule has 1 aromatic carbocycles. The smallest absolute Gasteiger partial charge is 0.251 e. The van der Waals surface area contributed by atoms with Crippen LogP contribution in [0.2, 0.25) is 0 Å². The third-order valence-electron chi connectivity index (χ3n) is 4.32. The Kier molecular flexibility index (Phi) is 9.16. The molecule has 0 aliphatic rings. The average molecular weight is 396 g/mol. The van der Waals surface area contributed by atoms with E-state index >= 15 is 0 Å². The number of hydrogen-bond acceptors (Lipinski definition) is 4. The minimum absolute atomic E-state index is 0.0580. The molecule has 1 amide bonds. The molecule has 0 saturated carbocycles. The number of hydrogen-bond donors (Lipinski definition) is 1. The lowest BCUT2D eigenvalue weighted by atomic mass is 9.99. The van der Waals surface area contributed by atoms with Crippen LogP contribution in [0.5, 0.6) is 0 Å². The van der Waals surface area contributed by atoms with E-state index in [1.807, 2.05) is 32.9 Å². The fourth-order valence-electron chi connectivity index (χ4n) is 2.80. The zero-order valence-electron chi connectivity index (χ0n) is 17.2. The van der Waals surface area contributed by atoms with E-state index in [-0.39, 0.29) is 28.7 Å². The SMILES string of the molecule is Cc1cc(CC(=O)CCCCCS(=O)(=O)C(C)C)cc(C(=O)NC(C)C)c1. The normalized spacial score (nSPS) is 11.8. The zero-order valence-corrected chi connectivity index (χ0v) is 18.0. The molecule has 0 saturated heterocycles. The molecule has 5 nitrogen and oxygen atoms in total. The maximum absolute atomic E-state index is 12.2. The zero-order chi connectivity index (χ0) is 20.6. The first-order chi connectivity index (χ1) is 12.5. The van der Waals surface area contributed by atoms with Crippen LogP contribution in [-0.2, 0) is 21.1 Å². The number of carbonyl (C=O) groups is 2. The second kappa shape index (κ2) is 10.6. The topological polar surface area (TPSA) is 80.3 Å². The van der Waals surface area contributed by atoms with Crippen molar-refractivity contribution in [3.63, 3.8) is 0 Å².